The molecule has 0 radical (unpaired) electrons. The van der Waals surface area contributed by atoms with E-state index in [0.717, 1.165) is 12.0 Å². The number of Topliss-reactive ketones (excluding diaryl/α,β-unsaturated/α-hetero) is 1. The van der Waals surface area contributed by atoms with Gasteiger partial charge in [-0.05, 0) is 49.6 Å². The molecule has 136 valence electrons. The van der Waals surface area contributed by atoms with Crippen LogP contribution in [0.25, 0.3) is 0 Å². The molecule has 5 heteroatoms. The van der Waals surface area contributed by atoms with Crippen molar-refractivity contribution in [3.8, 4) is 0 Å². The number of carbonyl (C=O) groups is 2. The molecule has 2 aromatic rings. The smallest absolute Gasteiger partial charge is 0.246 e. The number of likely N-dealkylation sites (tertiary alicyclic amines) is 1. The standard InChI is InChI=1S/C21H23FN2O2/c1-21(23,17-7-3-2-4-8-17)20(26)24-13-5-6-16(14-24)19(25)15-9-11-18(22)12-10-15/h2-4,7-12,16H,5-6,13-14,23H2,1H3. The SMILES string of the molecule is CC(N)(C(=O)N1CCCC(C(=O)c2ccc(F)cc2)C1)c1ccccc1. The van der Waals surface area contributed by atoms with Crippen molar-refractivity contribution in [2.45, 2.75) is 25.3 Å². The van der Waals surface area contributed by atoms with Crippen molar-refractivity contribution in [3.63, 3.8) is 0 Å². The van der Waals surface area contributed by atoms with Gasteiger partial charge in [-0.2, -0.15) is 0 Å². The van der Waals surface area contributed by atoms with Crippen LogP contribution in [0.1, 0.15) is 35.7 Å². The van der Waals surface area contributed by atoms with Crippen molar-refractivity contribution in [2.24, 2.45) is 11.7 Å². The summed E-state index contributed by atoms with van der Waals surface area (Å²) in [5.41, 5.74) is 6.43. The third-order valence-corrected chi connectivity index (χ3v) is 5.03. The van der Waals surface area contributed by atoms with Gasteiger partial charge in [0.2, 0.25) is 5.91 Å². The van der Waals surface area contributed by atoms with Gasteiger partial charge in [0.05, 0.1) is 0 Å². The zero-order valence-electron chi connectivity index (χ0n) is 14.8. The number of benzene rings is 2. The van der Waals surface area contributed by atoms with E-state index in [0.29, 0.717) is 25.1 Å². The Bertz CT molecular complexity index is 787. The normalized spacial score (nSPS) is 19.7. The first-order chi connectivity index (χ1) is 12.4. The molecule has 1 saturated heterocycles. The first-order valence-corrected chi connectivity index (χ1v) is 8.83. The Balaban J connectivity index is 1.74. The van der Waals surface area contributed by atoms with E-state index >= 15 is 0 Å². The van der Waals surface area contributed by atoms with E-state index in [1.807, 2.05) is 30.3 Å². The highest BCUT2D eigenvalue weighted by Crippen LogP contribution is 2.26. The van der Waals surface area contributed by atoms with Crippen molar-refractivity contribution in [1.29, 1.82) is 0 Å². The number of nitrogens with zero attached hydrogens (tertiary/aromatic N) is 1. The molecule has 2 aromatic carbocycles. The van der Waals surface area contributed by atoms with Crippen molar-refractivity contribution in [2.75, 3.05) is 13.1 Å². The monoisotopic (exact) mass is 354 g/mol. The zero-order valence-corrected chi connectivity index (χ0v) is 14.8. The number of ketones is 1. The van der Waals surface area contributed by atoms with E-state index in [2.05, 4.69) is 0 Å². The summed E-state index contributed by atoms with van der Waals surface area (Å²) in [7, 11) is 0. The number of piperidine rings is 1. The molecular formula is C21H23FN2O2. The third kappa shape index (κ3) is 3.68. The van der Waals surface area contributed by atoms with Crippen LogP contribution in [0.2, 0.25) is 0 Å². The van der Waals surface area contributed by atoms with Crippen LogP contribution in [0.3, 0.4) is 0 Å². The Morgan fingerprint density at radius 1 is 1.12 bits per heavy atom. The highest BCUT2D eigenvalue weighted by molar-refractivity contribution is 5.98. The average molecular weight is 354 g/mol. The molecule has 1 fully saturated rings. The largest absolute Gasteiger partial charge is 0.340 e. The van der Waals surface area contributed by atoms with Crippen LogP contribution >= 0.6 is 0 Å². The lowest BCUT2D eigenvalue weighted by atomic mass is 9.87. The molecule has 2 N–H and O–H groups in total. The fraction of sp³-hybridized carbons (Fsp3) is 0.333. The van der Waals surface area contributed by atoms with E-state index in [-0.39, 0.29) is 23.4 Å². The molecule has 0 aliphatic carbocycles. The minimum atomic E-state index is -1.14. The van der Waals surface area contributed by atoms with Crippen molar-refractivity contribution < 1.29 is 14.0 Å². The van der Waals surface area contributed by atoms with E-state index in [9.17, 15) is 14.0 Å². The number of hydrogen-bond donors (Lipinski definition) is 1. The van der Waals surface area contributed by atoms with Gasteiger partial charge >= 0.3 is 0 Å². The van der Waals surface area contributed by atoms with Gasteiger partial charge in [0.1, 0.15) is 11.4 Å². The van der Waals surface area contributed by atoms with E-state index in [1.165, 1.54) is 24.3 Å². The molecule has 0 saturated carbocycles. The van der Waals surface area contributed by atoms with Crippen LogP contribution < -0.4 is 5.73 Å². The molecule has 1 amide bonds. The predicted molar refractivity (Wildman–Crippen MR) is 98.0 cm³/mol. The summed E-state index contributed by atoms with van der Waals surface area (Å²) in [6.45, 7) is 2.64. The van der Waals surface area contributed by atoms with Gasteiger partial charge in [-0.15, -0.1) is 0 Å². The lowest BCUT2D eigenvalue weighted by Gasteiger charge is -2.37. The maximum atomic E-state index is 13.1. The Morgan fingerprint density at radius 2 is 1.77 bits per heavy atom. The second-order valence-electron chi connectivity index (χ2n) is 7.03. The number of nitrogens with two attached hydrogens (primary N) is 1. The Morgan fingerprint density at radius 3 is 2.42 bits per heavy atom. The number of hydrogen-bond acceptors (Lipinski definition) is 3. The van der Waals surface area contributed by atoms with Gasteiger partial charge in [0, 0.05) is 24.6 Å². The second kappa shape index (κ2) is 7.38. The van der Waals surface area contributed by atoms with Crippen LogP contribution in [-0.2, 0) is 10.3 Å². The molecule has 26 heavy (non-hydrogen) atoms. The summed E-state index contributed by atoms with van der Waals surface area (Å²) < 4.78 is 13.1. The highest BCUT2D eigenvalue weighted by Gasteiger charge is 2.37. The van der Waals surface area contributed by atoms with Crippen molar-refractivity contribution >= 4 is 11.7 Å². The molecule has 0 spiro atoms. The molecule has 4 nitrogen and oxygen atoms in total. The Labute approximate surface area is 152 Å². The maximum Gasteiger partial charge on any atom is 0.246 e. The second-order valence-corrected chi connectivity index (χ2v) is 7.03. The van der Waals surface area contributed by atoms with Gasteiger partial charge in [-0.1, -0.05) is 30.3 Å². The van der Waals surface area contributed by atoms with Crippen LogP contribution in [0.15, 0.2) is 54.6 Å². The molecule has 2 unspecified atom stereocenters. The van der Waals surface area contributed by atoms with Gasteiger partial charge in [0.15, 0.2) is 5.78 Å². The number of carbonyl (C=O) groups excluding carboxylic acids is 2. The van der Waals surface area contributed by atoms with Crippen LogP contribution in [0.4, 0.5) is 4.39 Å². The Hall–Kier alpha value is -2.53. The summed E-state index contributed by atoms with van der Waals surface area (Å²) in [5.74, 6) is -0.894. The number of rotatable bonds is 4. The molecule has 1 aliphatic heterocycles. The van der Waals surface area contributed by atoms with Crippen molar-refractivity contribution in [1.82, 2.24) is 4.90 Å². The highest BCUT2D eigenvalue weighted by atomic mass is 19.1. The first-order valence-electron chi connectivity index (χ1n) is 8.83. The summed E-state index contributed by atoms with van der Waals surface area (Å²) in [5, 5.41) is 0. The average Bonchev–Trinajstić information content (AvgIpc) is 2.68. The fourth-order valence-corrected chi connectivity index (χ4v) is 3.46. The summed E-state index contributed by atoms with van der Waals surface area (Å²) in [6, 6.07) is 14.8. The predicted octanol–water partition coefficient (Wildman–Crippen LogP) is 3.12. The molecule has 1 aliphatic rings. The molecular weight excluding hydrogens is 331 g/mol. The molecule has 0 bridgehead atoms. The Kier molecular flexibility index (Phi) is 5.18. The van der Waals surface area contributed by atoms with Crippen molar-refractivity contribution in [3.05, 3.63) is 71.5 Å². The van der Waals surface area contributed by atoms with E-state index in [4.69, 9.17) is 5.73 Å². The lowest BCUT2D eigenvalue weighted by Crippen LogP contribution is -2.54. The summed E-state index contributed by atoms with van der Waals surface area (Å²) >= 11 is 0. The van der Waals surface area contributed by atoms with Crippen LogP contribution in [0.5, 0.6) is 0 Å². The molecule has 3 rings (SSSR count). The van der Waals surface area contributed by atoms with Gasteiger partial charge in [0.25, 0.3) is 0 Å². The molecule has 1 heterocycles. The molecule has 0 aromatic heterocycles. The van der Waals surface area contributed by atoms with Crippen LogP contribution in [0, 0.1) is 11.7 Å². The first kappa shape index (κ1) is 18.3. The fourth-order valence-electron chi connectivity index (χ4n) is 3.46. The van der Waals surface area contributed by atoms with Gasteiger partial charge in [-0.25, -0.2) is 4.39 Å². The number of halogens is 1. The topological polar surface area (TPSA) is 63.4 Å². The summed E-state index contributed by atoms with van der Waals surface area (Å²) in [4.78, 5) is 27.4. The van der Waals surface area contributed by atoms with E-state index in [1.54, 1.807) is 11.8 Å². The van der Waals surface area contributed by atoms with Crippen LogP contribution in [-0.4, -0.2) is 29.7 Å². The lowest BCUT2D eigenvalue weighted by molar-refractivity contribution is -0.138. The molecule has 2 atom stereocenters. The number of amides is 1. The summed E-state index contributed by atoms with van der Waals surface area (Å²) in [6.07, 6.45) is 1.46. The maximum absolute atomic E-state index is 13.1. The van der Waals surface area contributed by atoms with E-state index < -0.39 is 5.54 Å². The third-order valence-electron chi connectivity index (χ3n) is 5.03. The minimum Gasteiger partial charge on any atom is -0.340 e. The van der Waals surface area contributed by atoms with Gasteiger partial charge in [-0.3, -0.25) is 9.59 Å². The quantitative estimate of drug-likeness (QED) is 0.858. The van der Waals surface area contributed by atoms with Gasteiger partial charge < -0.3 is 10.6 Å². The minimum absolute atomic E-state index is 0.0547. The zero-order chi connectivity index (χ0) is 18.7.